The summed E-state index contributed by atoms with van der Waals surface area (Å²) in [6.07, 6.45) is 3.24. The van der Waals surface area contributed by atoms with Crippen LogP contribution in [-0.2, 0) is 16.1 Å². The molecule has 6 nitrogen and oxygen atoms in total. The third-order valence-corrected chi connectivity index (χ3v) is 5.71. The first kappa shape index (κ1) is 20.9. The molecule has 2 heterocycles. The molecule has 1 fully saturated rings. The smallest absolute Gasteiger partial charge is 0.257 e. The minimum Gasteiger partial charge on any atom is -0.322 e. The van der Waals surface area contributed by atoms with E-state index in [-0.39, 0.29) is 24.8 Å². The molecule has 1 atom stereocenters. The number of pyridine rings is 1. The molecule has 0 bridgehead atoms. The molecule has 3 amide bonds. The summed E-state index contributed by atoms with van der Waals surface area (Å²) in [6, 6.07) is 16.9. The van der Waals surface area contributed by atoms with Gasteiger partial charge in [-0.2, -0.15) is 0 Å². The second kappa shape index (κ2) is 8.81. The summed E-state index contributed by atoms with van der Waals surface area (Å²) in [6.45, 7) is 2.08. The zero-order valence-corrected chi connectivity index (χ0v) is 18.5. The molecular formula is C24H20BrN3O3. The summed E-state index contributed by atoms with van der Waals surface area (Å²) in [7, 11) is 0. The van der Waals surface area contributed by atoms with Crippen LogP contribution in [0.2, 0.25) is 0 Å². The van der Waals surface area contributed by atoms with E-state index >= 15 is 0 Å². The van der Waals surface area contributed by atoms with E-state index in [9.17, 15) is 14.4 Å². The Morgan fingerprint density at radius 3 is 2.58 bits per heavy atom. The first-order chi connectivity index (χ1) is 14.9. The number of imide groups is 1. The highest BCUT2D eigenvalue weighted by molar-refractivity contribution is 9.10. The summed E-state index contributed by atoms with van der Waals surface area (Å²) >= 11 is 3.36. The van der Waals surface area contributed by atoms with Gasteiger partial charge in [0.1, 0.15) is 6.04 Å². The Morgan fingerprint density at radius 1 is 1.13 bits per heavy atom. The van der Waals surface area contributed by atoms with E-state index in [1.54, 1.807) is 60.9 Å². The van der Waals surface area contributed by atoms with Crippen molar-refractivity contribution >= 4 is 39.3 Å². The van der Waals surface area contributed by atoms with Crippen LogP contribution >= 0.6 is 15.9 Å². The summed E-state index contributed by atoms with van der Waals surface area (Å²) in [5.41, 5.74) is 2.69. The van der Waals surface area contributed by atoms with E-state index in [4.69, 9.17) is 0 Å². The summed E-state index contributed by atoms with van der Waals surface area (Å²) in [5, 5.41) is 0. The predicted molar refractivity (Wildman–Crippen MR) is 120 cm³/mol. The minimum atomic E-state index is -0.885. The number of hydrogen-bond donors (Lipinski definition) is 0. The molecule has 0 aliphatic carbocycles. The molecule has 156 valence electrons. The van der Waals surface area contributed by atoms with Gasteiger partial charge in [-0.1, -0.05) is 39.7 Å². The van der Waals surface area contributed by atoms with Gasteiger partial charge in [0, 0.05) is 29.0 Å². The van der Waals surface area contributed by atoms with Gasteiger partial charge < -0.3 is 4.90 Å². The third-order valence-electron chi connectivity index (χ3n) is 5.19. The van der Waals surface area contributed by atoms with Gasteiger partial charge in [-0.3, -0.25) is 19.4 Å². The van der Waals surface area contributed by atoms with Crippen molar-refractivity contribution in [2.45, 2.75) is 25.9 Å². The maximum Gasteiger partial charge on any atom is 0.257 e. The lowest BCUT2D eigenvalue weighted by Crippen LogP contribution is -2.45. The largest absolute Gasteiger partial charge is 0.322 e. The van der Waals surface area contributed by atoms with Crippen LogP contribution in [0.1, 0.15) is 27.9 Å². The van der Waals surface area contributed by atoms with Crippen LogP contribution in [0.25, 0.3) is 0 Å². The van der Waals surface area contributed by atoms with E-state index in [2.05, 4.69) is 20.9 Å². The number of anilines is 1. The Bertz CT molecular complexity index is 1130. The van der Waals surface area contributed by atoms with Crippen molar-refractivity contribution in [3.8, 4) is 0 Å². The molecule has 1 aliphatic heterocycles. The third kappa shape index (κ3) is 4.41. The van der Waals surface area contributed by atoms with Crippen molar-refractivity contribution in [1.29, 1.82) is 0 Å². The van der Waals surface area contributed by atoms with Crippen molar-refractivity contribution in [1.82, 2.24) is 9.88 Å². The average Bonchev–Trinajstić information content (AvgIpc) is 3.06. The van der Waals surface area contributed by atoms with E-state index in [1.165, 1.54) is 4.90 Å². The van der Waals surface area contributed by atoms with Crippen molar-refractivity contribution in [3.05, 3.63) is 94.2 Å². The summed E-state index contributed by atoms with van der Waals surface area (Å²) in [5.74, 6) is -1.03. The topological polar surface area (TPSA) is 70.6 Å². The molecule has 0 N–H and O–H groups in total. The van der Waals surface area contributed by atoms with Gasteiger partial charge in [0.25, 0.3) is 11.8 Å². The zero-order valence-electron chi connectivity index (χ0n) is 16.9. The van der Waals surface area contributed by atoms with Gasteiger partial charge in [0.2, 0.25) is 5.91 Å². The Labute approximate surface area is 188 Å². The van der Waals surface area contributed by atoms with Crippen LogP contribution in [0.4, 0.5) is 5.69 Å². The second-order valence-electron chi connectivity index (χ2n) is 7.43. The Morgan fingerprint density at radius 2 is 1.90 bits per heavy atom. The average molecular weight is 478 g/mol. The number of aryl methyl sites for hydroxylation is 1. The van der Waals surface area contributed by atoms with Crippen LogP contribution < -0.4 is 4.90 Å². The molecule has 31 heavy (non-hydrogen) atoms. The van der Waals surface area contributed by atoms with Crippen molar-refractivity contribution in [2.75, 3.05) is 4.90 Å². The Balaban J connectivity index is 1.69. The summed E-state index contributed by atoms with van der Waals surface area (Å²) in [4.78, 5) is 46.3. The Hall–Kier alpha value is -3.32. The van der Waals surface area contributed by atoms with Gasteiger partial charge in [0.05, 0.1) is 12.1 Å². The van der Waals surface area contributed by atoms with Gasteiger partial charge in [-0.25, -0.2) is 4.90 Å². The molecule has 1 aromatic heterocycles. The number of nitrogens with zero attached hydrogens (tertiary/aromatic N) is 3. The second-order valence-corrected chi connectivity index (χ2v) is 8.34. The van der Waals surface area contributed by atoms with Crippen LogP contribution in [0.15, 0.2) is 77.5 Å². The van der Waals surface area contributed by atoms with Crippen LogP contribution in [0.5, 0.6) is 0 Å². The molecule has 1 aliphatic rings. The quantitative estimate of drug-likeness (QED) is 0.518. The molecule has 4 rings (SSSR count). The number of rotatable bonds is 5. The van der Waals surface area contributed by atoms with E-state index < -0.39 is 11.9 Å². The van der Waals surface area contributed by atoms with Gasteiger partial charge >= 0.3 is 0 Å². The molecule has 2 aromatic carbocycles. The maximum absolute atomic E-state index is 13.4. The number of hydrogen-bond acceptors (Lipinski definition) is 4. The first-order valence-electron chi connectivity index (χ1n) is 9.83. The van der Waals surface area contributed by atoms with Crippen LogP contribution in [-0.4, -0.2) is 33.6 Å². The fraction of sp³-hybridized carbons (Fsp3) is 0.167. The molecule has 1 unspecified atom stereocenters. The highest BCUT2D eigenvalue weighted by atomic mass is 79.9. The number of carbonyl (C=O) groups excluding carboxylic acids is 3. The lowest BCUT2D eigenvalue weighted by atomic mass is 10.1. The molecular weight excluding hydrogens is 458 g/mol. The van der Waals surface area contributed by atoms with Crippen LogP contribution in [0, 0.1) is 6.92 Å². The lowest BCUT2D eigenvalue weighted by Gasteiger charge is -2.28. The van der Waals surface area contributed by atoms with Gasteiger partial charge in [0.15, 0.2) is 0 Å². The fourth-order valence-corrected chi connectivity index (χ4v) is 3.94. The molecule has 7 heteroatoms. The maximum atomic E-state index is 13.4. The zero-order chi connectivity index (χ0) is 22.0. The Kier molecular flexibility index (Phi) is 5.95. The normalized spacial score (nSPS) is 15.9. The lowest BCUT2D eigenvalue weighted by molar-refractivity contribution is -0.122. The van der Waals surface area contributed by atoms with E-state index in [0.29, 0.717) is 11.3 Å². The molecule has 3 aromatic rings. The highest BCUT2D eigenvalue weighted by Crippen LogP contribution is 2.28. The van der Waals surface area contributed by atoms with Crippen molar-refractivity contribution in [2.24, 2.45) is 0 Å². The van der Waals surface area contributed by atoms with E-state index in [1.807, 2.05) is 19.1 Å². The minimum absolute atomic E-state index is 0.0628. The molecule has 1 saturated heterocycles. The first-order valence-corrected chi connectivity index (χ1v) is 10.6. The number of halogens is 1. The monoisotopic (exact) mass is 477 g/mol. The number of benzene rings is 2. The number of aromatic nitrogens is 1. The van der Waals surface area contributed by atoms with Crippen LogP contribution in [0.3, 0.4) is 0 Å². The SMILES string of the molecule is Cc1cccc(C(=O)N(Cc2cccnc2)C2CC(=O)N(c3ccc(Br)cc3)C2=O)c1. The summed E-state index contributed by atoms with van der Waals surface area (Å²) < 4.78 is 0.847. The molecule has 0 spiro atoms. The van der Waals surface area contributed by atoms with E-state index in [0.717, 1.165) is 20.5 Å². The number of amides is 3. The van der Waals surface area contributed by atoms with Crippen molar-refractivity contribution in [3.63, 3.8) is 0 Å². The molecule has 0 saturated carbocycles. The standard InChI is InChI=1S/C24H20BrN3O3/c1-16-4-2-6-18(12-16)23(30)27(15-17-5-3-11-26-14-17)21-13-22(29)28(24(21)31)20-9-7-19(25)8-10-20/h2-12,14,21H,13,15H2,1H3. The number of carbonyl (C=O) groups is 3. The fourth-order valence-electron chi connectivity index (χ4n) is 3.68. The van der Waals surface area contributed by atoms with Gasteiger partial charge in [-0.15, -0.1) is 0 Å². The molecule has 0 radical (unpaired) electrons. The predicted octanol–water partition coefficient (Wildman–Crippen LogP) is 4.13. The van der Waals surface area contributed by atoms with Crippen molar-refractivity contribution < 1.29 is 14.4 Å². The highest BCUT2D eigenvalue weighted by Gasteiger charge is 2.44. The van der Waals surface area contributed by atoms with Gasteiger partial charge in [-0.05, 0) is 55.0 Å².